The predicted molar refractivity (Wildman–Crippen MR) is 61.5 cm³/mol. The fraction of sp³-hybridized carbons (Fsp3) is 0.444. The lowest BCUT2D eigenvalue weighted by Gasteiger charge is -2.24. The van der Waals surface area contributed by atoms with Crippen molar-refractivity contribution in [3.05, 3.63) is 17.9 Å². The van der Waals surface area contributed by atoms with Gasteiger partial charge in [-0.25, -0.2) is 16.8 Å². The second kappa shape index (κ2) is 4.48. The molecule has 1 aromatic heterocycles. The van der Waals surface area contributed by atoms with E-state index in [-0.39, 0.29) is 35.4 Å². The van der Waals surface area contributed by atoms with Gasteiger partial charge in [0.05, 0.1) is 11.5 Å². The van der Waals surface area contributed by atoms with E-state index in [0.717, 1.165) is 4.31 Å². The molecule has 0 aliphatic carbocycles. The van der Waals surface area contributed by atoms with Crippen LogP contribution < -0.4 is 0 Å². The number of rotatable bonds is 3. The quantitative estimate of drug-likeness (QED) is 0.697. The first kappa shape index (κ1) is 13.2. The fourth-order valence-electron chi connectivity index (χ4n) is 1.60. The third kappa shape index (κ3) is 2.47. The van der Waals surface area contributed by atoms with Crippen molar-refractivity contribution in [2.45, 2.75) is 5.09 Å². The molecule has 2 heterocycles. The molecule has 0 bridgehead atoms. The predicted octanol–water partition coefficient (Wildman–Crippen LogP) is -0.489. The lowest BCUT2D eigenvalue weighted by Crippen LogP contribution is -2.43. The van der Waals surface area contributed by atoms with Crippen LogP contribution in [0.3, 0.4) is 0 Å². The van der Waals surface area contributed by atoms with Crippen LogP contribution in [-0.4, -0.2) is 52.0 Å². The van der Waals surface area contributed by atoms with Gasteiger partial charge in [0.25, 0.3) is 10.0 Å². The SMILES string of the molecule is O=Cc1ccc(S(=O)(=O)N2CCS(=O)(=O)CC2)o1. The molecule has 9 heteroatoms. The monoisotopic (exact) mass is 293 g/mol. The summed E-state index contributed by atoms with van der Waals surface area (Å²) in [7, 11) is -7.01. The minimum absolute atomic E-state index is 0.0850. The number of nitrogens with zero attached hydrogens (tertiary/aromatic N) is 1. The minimum atomic E-state index is -3.86. The molecule has 0 saturated carbocycles. The van der Waals surface area contributed by atoms with Crippen molar-refractivity contribution in [1.29, 1.82) is 0 Å². The standard InChI is InChI=1S/C9H11NO6S2/c11-7-8-1-2-9(16-8)18(14,15)10-3-5-17(12,13)6-4-10/h1-2,7H,3-6H2. The molecule has 7 nitrogen and oxygen atoms in total. The number of furan rings is 1. The Hall–Kier alpha value is -1.19. The van der Waals surface area contributed by atoms with Gasteiger partial charge in [0.2, 0.25) is 5.09 Å². The number of hydrogen-bond donors (Lipinski definition) is 0. The van der Waals surface area contributed by atoms with Crippen LogP contribution in [-0.2, 0) is 19.9 Å². The average molecular weight is 293 g/mol. The Balaban J connectivity index is 2.24. The van der Waals surface area contributed by atoms with Crippen LogP contribution in [0.15, 0.2) is 21.6 Å². The zero-order valence-corrected chi connectivity index (χ0v) is 10.9. The molecule has 0 radical (unpaired) electrons. The van der Waals surface area contributed by atoms with Gasteiger partial charge in [0, 0.05) is 13.1 Å². The lowest BCUT2D eigenvalue weighted by molar-refractivity contribution is 0.109. The third-order valence-electron chi connectivity index (χ3n) is 2.62. The Labute approximate surface area is 104 Å². The number of carbonyl (C=O) groups is 1. The van der Waals surface area contributed by atoms with E-state index < -0.39 is 19.9 Å². The second-order valence-corrected chi connectivity index (χ2v) is 8.00. The number of hydrogen-bond acceptors (Lipinski definition) is 6. The topological polar surface area (TPSA) is 102 Å². The summed E-state index contributed by atoms with van der Waals surface area (Å²) in [6.45, 7) is -0.191. The number of sulfone groups is 1. The van der Waals surface area contributed by atoms with Gasteiger partial charge in [-0.3, -0.25) is 4.79 Å². The second-order valence-electron chi connectivity index (χ2n) is 3.83. The van der Waals surface area contributed by atoms with Crippen molar-refractivity contribution < 1.29 is 26.0 Å². The first-order chi connectivity index (χ1) is 8.35. The van der Waals surface area contributed by atoms with Crippen LogP contribution in [0.5, 0.6) is 0 Å². The third-order valence-corrected chi connectivity index (χ3v) is 6.00. The molecule has 1 fully saturated rings. The van der Waals surface area contributed by atoms with Gasteiger partial charge in [-0.15, -0.1) is 0 Å². The zero-order valence-electron chi connectivity index (χ0n) is 9.27. The molecule has 1 saturated heterocycles. The Morgan fingerprint density at radius 2 is 1.83 bits per heavy atom. The summed E-state index contributed by atoms with van der Waals surface area (Å²) >= 11 is 0. The number of carbonyl (C=O) groups excluding carboxylic acids is 1. The van der Waals surface area contributed by atoms with Crippen molar-refractivity contribution in [3.63, 3.8) is 0 Å². The molecule has 0 amide bonds. The molecule has 100 valence electrons. The normalized spacial score (nSPS) is 20.7. The van der Waals surface area contributed by atoms with Crippen LogP contribution in [0, 0.1) is 0 Å². The molecule has 1 aliphatic rings. The Morgan fingerprint density at radius 1 is 1.22 bits per heavy atom. The van der Waals surface area contributed by atoms with E-state index in [9.17, 15) is 21.6 Å². The Morgan fingerprint density at radius 3 is 2.33 bits per heavy atom. The van der Waals surface area contributed by atoms with Gasteiger partial charge >= 0.3 is 0 Å². The first-order valence-electron chi connectivity index (χ1n) is 5.11. The van der Waals surface area contributed by atoms with Crippen LogP contribution in [0.25, 0.3) is 0 Å². The van der Waals surface area contributed by atoms with Crippen LogP contribution in [0.1, 0.15) is 10.6 Å². The summed E-state index contributed by atoms with van der Waals surface area (Å²) in [4.78, 5) is 10.4. The Kier molecular flexibility index (Phi) is 3.30. The van der Waals surface area contributed by atoms with Gasteiger partial charge in [0.15, 0.2) is 21.9 Å². The molecule has 18 heavy (non-hydrogen) atoms. The van der Waals surface area contributed by atoms with Crippen molar-refractivity contribution in [1.82, 2.24) is 4.31 Å². The molecule has 2 rings (SSSR count). The summed E-state index contributed by atoms with van der Waals surface area (Å²) in [6.07, 6.45) is 0.402. The van der Waals surface area contributed by atoms with E-state index in [1.807, 2.05) is 0 Å². The van der Waals surface area contributed by atoms with E-state index in [4.69, 9.17) is 4.42 Å². The summed E-state index contributed by atoms with van der Waals surface area (Å²) in [5.41, 5.74) is 0. The highest BCUT2D eigenvalue weighted by molar-refractivity contribution is 7.92. The highest BCUT2D eigenvalue weighted by atomic mass is 32.2. The van der Waals surface area contributed by atoms with Gasteiger partial charge < -0.3 is 4.42 Å². The lowest BCUT2D eigenvalue weighted by atomic mass is 10.5. The minimum Gasteiger partial charge on any atom is -0.440 e. The van der Waals surface area contributed by atoms with E-state index in [1.165, 1.54) is 12.1 Å². The van der Waals surface area contributed by atoms with Crippen LogP contribution in [0.2, 0.25) is 0 Å². The molecular formula is C9H11NO6S2. The van der Waals surface area contributed by atoms with E-state index in [1.54, 1.807) is 0 Å². The molecular weight excluding hydrogens is 282 g/mol. The van der Waals surface area contributed by atoms with E-state index in [2.05, 4.69) is 0 Å². The molecule has 0 aromatic carbocycles. The number of sulfonamides is 1. The molecule has 0 spiro atoms. The van der Waals surface area contributed by atoms with Gasteiger partial charge in [0.1, 0.15) is 0 Å². The maximum absolute atomic E-state index is 12.0. The highest BCUT2D eigenvalue weighted by Crippen LogP contribution is 2.20. The van der Waals surface area contributed by atoms with Crippen molar-refractivity contribution in [2.75, 3.05) is 24.6 Å². The van der Waals surface area contributed by atoms with E-state index >= 15 is 0 Å². The van der Waals surface area contributed by atoms with Crippen molar-refractivity contribution >= 4 is 26.1 Å². The largest absolute Gasteiger partial charge is 0.440 e. The maximum Gasteiger partial charge on any atom is 0.276 e. The zero-order chi connectivity index (χ0) is 13.4. The Bertz CT molecular complexity index is 643. The first-order valence-corrected chi connectivity index (χ1v) is 8.37. The molecule has 0 N–H and O–H groups in total. The van der Waals surface area contributed by atoms with Crippen LogP contribution >= 0.6 is 0 Å². The molecule has 1 aliphatic heterocycles. The average Bonchev–Trinajstić information content (AvgIpc) is 2.77. The summed E-state index contributed by atoms with van der Waals surface area (Å²) in [6, 6.07) is 2.43. The van der Waals surface area contributed by atoms with Gasteiger partial charge in [-0.1, -0.05) is 0 Å². The van der Waals surface area contributed by atoms with Crippen LogP contribution in [0.4, 0.5) is 0 Å². The van der Waals surface area contributed by atoms with Gasteiger partial charge in [-0.2, -0.15) is 4.31 Å². The molecule has 0 atom stereocenters. The van der Waals surface area contributed by atoms with Crippen molar-refractivity contribution in [2.24, 2.45) is 0 Å². The van der Waals surface area contributed by atoms with Crippen molar-refractivity contribution in [3.8, 4) is 0 Å². The summed E-state index contributed by atoms with van der Waals surface area (Å²) in [5.74, 6) is -0.487. The summed E-state index contributed by atoms with van der Waals surface area (Å²) in [5, 5.41) is -0.344. The fourth-order valence-corrected chi connectivity index (χ4v) is 4.39. The smallest absolute Gasteiger partial charge is 0.276 e. The van der Waals surface area contributed by atoms with E-state index in [0.29, 0.717) is 6.29 Å². The maximum atomic E-state index is 12.0. The van der Waals surface area contributed by atoms with Gasteiger partial charge in [-0.05, 0) is 12.1 Å². The summed E-state index contributed by atoms with van der Waals surface area (Å²) < 4.78 is 52.4. The molecule has 1 aromatic rings. The highest BCUT2D eigenvalue weighted by Gasteiger charge is 2.33. The molecule has 0 unspecified atom stereocenters. The number of aldehydes is 1.